The molecular formula is C23H13Cl2F3N4O. The standard InChI is InChI=1S/C23H13Cl2F3N4O/c1-13-14(5-6-18-12-29-21-8-7-20(25)31-32(18)21)3-2-4-19(13)22(33)30-17-10-15(23(26,27)28)9-16(24)11-17/h2-4,7-12H,1H3,(H,30,33). The van der Waals surface area contributed by atoms with Crippen LogP contribution in [0.2, 0.25) is 10.2 Å². The Bertz CT molecular complexity index is 1450. The minimum atomic E-state index is -4.59. The maximum atomic E-state index is 13.0. The molecule has 1 N–H and O–H groups in total. The summed E-state index contributed by atoms with van der Waals surface area (Å²) in [5, 5.41) is 6.77. The Balaban J connectivity index is 1.63. The third-order valence-corrected chi connectivity index (χ3v) is 5.14. The lowest BCUT2D eigenvalue weighted by atomic mass is 10.0. The number of amides is 1. The number of fused-ring (bicyclic) bond motifs is 1. The zero-order valence-corrected chi connectivity index (χ0v) is 18.3. The second-order valence-corrected chi connectivity index (χ2v) is 7.80. The Morgan fingerprint density at radius 3 is 2.64 bits per heavy atom. The molecule has 0 fully saturated rings. The van der Waals surface area contributed by atoms with E-state index in [2.05, 4.69) is 27.2 Å². The van der Waals surface area contributed by atoms with Crippen LogP contribution < -0.4 is 5.32 Å². The van der Waals surface area contributed by atoms with Crippen LogP contribution in [0.3, 0.4) is 0 Å². The van der Waals surface area contributed by atoms with Crippen LogP contribution in [0.5, 0.6) is 0 Å². The molecule has 4 aromatic rings. The van der Waals surface area contributed by atoms with Gasteiger partial charge in [0, 0.05) is 21.8 Å². The Labute approximate surface area is 196 Å². The van der Waals surface area contributed by atoms with Crippen LogP contribution in [0.15, 0.2) is 54.7 Å². The van der Waals surface area contributed by atoms with Crippen molar-refractivity contribution < 1.29 is 18.0 Å². The first-order valence-corrected chi connectivity index (χ1v) is 10.2. The second-order valence-electron chi connectivity index (χ2n) is 6.98. The lowest BCUT2D eigenvalue weighted by Crippen LogP contribution is -2.15. The Kier molecular flexibility index (Phi) is 6.02. The van der Waals surface area contributed by atoms with Gasteiger partial charge in [-0.25, -0.2) is 9.50 Å². The van der Waals surface area contributed by atoms with Gasteiger partial charge in [0.1, 0.15) is 10.8 Å². The molecule has 1 amide bonds. The first-order chi connectivity index (χ1) is 15.6. The molecule has 0 saturated carbocycles. The van der Waals surface area contributed by atoms with Crippen molar-refractivity contribution in [1.29, 1.82) is 0 Å². The molecule has 0 bridgehead atoms. The number of nitrogens with one attached hydrogen (secondary N) is 1. The third-order valence-electron chi connectivity index (χ3n) is 4.72. The number of halogens is 5. The number of hydrogen-bond acceptors (Lipinski definition) is 3. The van der Waals surface area contributed by atoms with Crippen LogP contribution in [-0.4, -0.2) is 20.5 Å². The summed E-state index contributed by atoms with van der Waals surface area (Å²) < 4.78 is 40.6. The molecule has 0 unspecified atom stereocenters. The number of carbonyl (C=O) groups excluding carboxylic acids is 1. The van der Waals surface area contributed by atoms with E-state index in [0.29, 0.717) is 22.5 Å². The molecule has 33 heavy (non-hydrogen) atoms. The summed E-state index contributed by atoms with van der Waals surface area (Å²) in [6, 6.07) is 11.1. The van der Waals surface area contributed by atoms with Gasteiger partial charge in [0.25, 0.3) is 5.91 Å². The monoisotopic (exact) mass is 488 g/mol. The van der Waals surface area contributed by atoms with E-state index in [1.807, 2.05) is 0 Å². The second kappa shape index (κ2) is 8.77. The molecule has 166 valence electrons. The van der Waals surface area contributed by atoms with Crippen LogP contribution in [0, 0.1) is 18.8 Å². The summed E-state index contributed by atoms with van der Waals surface area (Å²) in [5.74, 6) is 5.35. The smallest absolute Gasteiger partial charge is 0.322 e. The fourth-order valence-electron chi connectivity index (χ4n) is 3.11. The van der Waals surface area contributed by atoms with Crippen molar-refractivity contribution in [3.8, 4) is 11.8 Å². The van der Waals surface area contributed by atoms with Gasteiger partial charge in [-0.1, -0.05) is 35.2 Å². The molecule has 2 heterocycles. The Morgan fingerprint density at radius 1 is 1.09 bits per heavy atom. The molecule has 4 rings (SSSR count). The molecule has 10 heteroatoms. The highest BCUT2D eigenvalue weighted by Crippen LogP contribution is 2.33. The van der Waals surface area contributed by atoms with E-state index >= 15 is 0 Å². The summed E-state index contributed by atoms with van der Waals surface area (Å²) in [7, 11) is 0. The van der Waals surface area contributed by atoms with Crippen LogP contribution >= 0.6 is 23.2 Å². The fraction of sp³-hybridized carbons (Fsp3) is 0.0870. The van der Waals surface area contributed by atoms with E-state index in [1.165, 1.54) is 10.6 Å². The van der Waals surface area contributed by atoms with Crippen LogP contribution in [-0.2, 0) is 6.18 Å². The number of hydrogen-bond donors (Lipinski definition) is 1. The minimum Gasteiger partial charge on any atom is -0.322 e. The van der Waals surface area contributed by atoms with Gasteiger partial charge in [-0.3, -0.25) is 4.79 Å². The molecule has 0 spiro atoms. The predicted octanol–water partition coefficient (Wildman–Crippen LogP) is 6.02. The predicted molar refractivity (Wildman–Crippen MR) is 120 cm³/mol. The zero-order chi connectivity index (χ0) is 23.8. The summed E-state index contributed by atoms with van der Waals surface area (Å²) in [5.41, 5.74) is 1.43. The number of nitrogens with zero attached hydrogens (tertiary/aromatic N) is 3. The van der Waals surface area contributed by atoms with E-state index in [4.69, 9.17) is 23.2 Å². The summed E-state index contributed by atoms with van der Waals surface area (Å²) in [4.78, 5) is 17.0. The van der Waals surface area contributed by atoms with Crippen molar-refractivity contribution in [2.24, 2.45) is 0 Å². The maximum Gasteiger partial charge on any atom is 0.416 e. The molecule has 2 aromatic heterocycles. The lowest BCUT2D eigenvalue weighted by molar-refractivity contribution is -0.137. The Hall–Kier alpha value is -3.54. The van der Waals surface area contributed by atoms with Gasteiger partial charge in [0.05, 0.1) is 11.8 Å². The normalized spacial score (nSPS) is 11.2. The van der Waals surface area contributed by atoms with Gasteiger partial charge in [-0.05, 0) is 60.9 Å². The largest absolute Gasteiger partial charge is 0.416 e. The lowest BCUT2D eigenvalue weighted by Gasteiger charge is -2.12. The first kappa shape index (κ1) is 22.6. The third kappa shape index (κ3) is 4.95. The van der Waals surface area contributed by atoms with E-state index in [1.54, 1.807) is 43.5 Å². The van der Waals surface area contributed by atoms with E-state index < -0.39 is 17.6 Å². The van der Waals surface area contributed by atoms with Gasteiger partial charge in [0.2, 0.25) is 0 Å². The van der Waals surface area contributed by atoms with Crippen molar-refractivity contribution in [3.63, 3.8) is 0 Å². The van der Waals surface area contributed by atoms with Crippen molar-refractivity contribution >= 4 is 40.4 Å². The highest BCUT2D eigenvalue weighted by atomic mass is 35.5. The van der Waals surface area contributed by atoms with Crippen LogP contribution in [0.1, 0.15) is 32.7 Å². The van der Waals surface area contributed by atoms with Crippen LogP contribution in [0.4, 0.5) is 18.9 Å². The summed E-state index contributed by atoms with van der Waals surface area (Å²) in [6.07, 6.45) is -3.04. The fourth-order valence-corrected chi connectivity index (χ4v) is 3.48. The van der Waals surface area contributed by atoms with E-state index in [9.17, 15) is 18.0 Å². The molecule has 0 radical (unpaired) electrons. The number of imidazole rings is 1. The van der Waals surface area contributed by atoms with Gasteiger partial charge >= 0.3 is 6.18 Å². The quantitative estimate of drug-likeness (QED) is 0.351. The molecule has 0 aliphatic rings. The van der Waals surface area contributed by atoms with E-state index in [-0.39, 0.29) is 21.4 Å². The van der Waals surface area contributed by atoms with Crippen LogP contribution in [0.25, 0.3) is 5.65 Å². The summed E-state index contributed by atoms with van der Waals surface area (Å²) in [6.45, 7) is 1.70. The SMILES string of the molecule is Cc1c(C#Cc2cnc3ccc(Cl)nn23)cccc1C(=O)Nc1cc(Cl)cc(C(F)(F)F)c1. The average molecular weight is 489 g/mol. The van der Waals surface area contributed by atoms with Crippen molar-refractivity contribution in [3.05, 3.63) is 92.9 Å². The highest BCUT2D eigenvalue weighted by Gasteiger charge is 2.31. The molecule has 0 atom stereocenters. The number of benzene rings is 2. The number of rotatable bonds is 2. The molecular weight excluding hydrogens is 476 g/mol. The number of carbonyl (C=O) groups is 1. The Morgan fingerprint density at radius 2 is 1.88 bits per heavy atom. The van der Waals surface area contributed by atoms with Crippen molar-refractivity contribution in [2.45, 2.75) is 13.1 Å². The average Bonchev–Trinajstić information content (AvgIpc) is 3.14. The number of aromatic nitrogens is 3. The minimum absolute atomic E-state index is 0.0654. The molecule has 0 aliphatic heterocycles. The van der Waals surface area contributed by atoms with Crippen molar-refractivity contribution in [1.82, 2.24) is 14.6 Å². The molecule has 0 saturated heterocycles. The van der Waals surface area contributed by atoms with Gasteiger partial charge < -0.3 is 5.32 Å². The molecule has 5 nitrogen and oxygen atoms in total. The molecule has 2 aromatic carbocycles. The number of alkyl halides is 3. The zero-order valence-electron chi connectivity index (χ0n) is 16.8. The highest BCUT2D eigenvalue weighted by molar-refractivity contribution is 6.31. The van der Waals surface area contributed by atoms with Crippen molar-refractivity contribution in [2.75, 3.05) is 5.32 Å². The number of anilines is 1. The summed E-state index contributed by atoms with van der Waals surface area (Å²) >= 11 is 11.7. The topological polar surface area (TPSA) is 59.3 Å². The van der Waals surface area contributed by atoms with Gasteiger partial charge in [-0.15, -0.1) is 0 Å². The molecule has 0 aliphatic carbocycles. The van der Waals surface area contributed by atoms with E-state index in [0.717, 1.165) is 12.1 Å². The van der Waals surface area contributed by atoms with Gasteiger partial charge in [-0.2, -0.15) is 18.3 Å². The van der Waals surface area contributed by atoms with Gasteiger partial charge in [0.15, 0.2) is 5.65 Å². The maximum absolute atomic E-state index is 13.0. The first-order valence-electron chi connectivity index (χ1n) is 9.43.